The summed E-state index contributed by atoms with van der Waals surface area (Å²) in [7, 11) is 0. The summed E-state index contributed by atoms with van der Waals surface area (Å²) in [5, 5.41) is 0. The lowest BCUT2D eigenvalue weighted by atomic mass is 9.99. The van der Waals surface area contributed by atoms with Gasteiger partial charge in [0.1, 0.15) is 5.82 Å². The molecular formula is C12H15F2. The summed E-state index contributed by atoms with van der Waals surface area (Å²) < 4.78 is 25.7. The SMILES string of the molecule is CCCc1ccc([C](C)CF)cc1F. The van der Waals surface area contributed by atoms with Crippen LogP contribution in [0.15, 0.2) is 18.2 Å². The molecule has 1 aromatic carbocycles. The Morgan fingerprint density at radius 1 is 1.36 bits per heavy atom. The van der Waals surface area contributed by atoms with Gasteiger partial charge in [-0.15, -0.1) is 0 Å². The minimum atomic E-state index is -0.521. The van der Waals surface area contributed by atoms with E-state index in [1.165, 1.54) is 6.07 Å². The van der Waals surface area contributed by atoms with E-state index < -0.39 is 6.67 Å². The fourth-order valence-corrected chi connectivity index (χ4v) is 1.36. The van der Waals surface area contributed by atoms with Crippen LogP contribution >= 0.6 is 0 Å². The maximum absolute atomic E-state index is 13.4. The molecule has 0 bridgehead atoms. The summed E-state index contributed by atoms with van der Waals surface area (Å²) in [6.45, 7) is 3.16. The molecule has 77 valence electrons. The van der Waals surface area contributed by atoms with E-state index in [9.17, 15) is 8.78 Å². The molecule has 2 heteroatoms. The number of hydrogen-bond acceptors (Lipinski definition) is 0. The summed E-state index contributed by atoms with van der Waals surface area (Å²) in [6, 6.07) is 4.94. The highest BCUT2D eigenvalue weighted by Crippen LogP contribution is 2.19. The average molecular weight is 197 g/mol. The van der Waals surface area contributed by atoms with Gasteiger partial charge in [-0.3, -0.25) is 4.39 Å². The maximum Gasteiger partial charge on any atom is 0.126 e. The van der Waals surface area contributed by atoms with E-state index in [1.54, 1.807) is 19.1 Å². The van der Waals surface area contributed by atoms with Gasteiger partial charge in [0.05, 0.1) is 6.67 Å². The lowest BCUT2D eigenvalue weighted by Crippen LogP contribution is -1.99. The first kappa shape index (κ1) is 11.2. The van der Waals surface area contributed by atoms with Crippen molar-refractivity contribution < 1.29 is 8.78 Å². The van der Waals surface area contributed by atoms with Gasteiger partial charge in [-0.05, 0) is 23.6 Å². The Morgan fingerprint density at radius 3 is 2.57 bits per heavy atom. The zero-order valence-corrected chi connectivity index (χ0v) is 8.61. The van der Waals surface area contributed by atoms with Crippen molar-refractivity contribution >= 4 is 0 Å². The Labute approximate surface area is 84.0 Å². The van der Waals surface area contributed by atoms with Crippen LogP contribution < -0.4 is 0 Å². The van der Waals surface area contributed by atoms with Crippen LogP contribution in [-0.4, -0.2) is 6.67 Å². The monoisotopic (exact) mass is 197 g/mol. The molecule has 0 saturated carbocycles. The second kappa shape index (κ2) is 5.08. The first-order valence-corrected chi connectivity index (χ1v) is 4.86. The molecule has 0 atom stereocenters. The minimum absolute atomic E-state index is 0.225. The van der Waals surface area contributed by atoms with Crippen LogP contribution in [0.25, 0.3) is 0 Å². The fourth-order valence-electron chi connectivity index (χ4n) is 1.36. The van der Waals surface area contributed by atoms with Crippen molar-refractivity contribution in [2.24, 2.45) is 0 Å². The van der Waals surface area contributed by atoms with Gasteiger partial charge in [0.25, 0.3) is 0 Å². The molecule has 0 N–H and O–H groups in total. The normalized spacial score (nSPS) is 10.9. The molecule has 0 aromatic heterocycles. The highest BCUT2D eigenvalue weighted by atomic mass is 19.1. The summed E-state index contributed by atoms with van der Waals surface area (Å²) in [5.74, 6) is 0.351. The van der Waals surface area contributed by atoms with Crippen LogP contribution in [0.5, 0.6) is 0 Å². The molecule has 1 rings (SSSR count). The Balaban J connectivity index is 2.88. The van der Waals surface area contributed by atoms with E-state index in [0.29, 0.717) is 17.0 Å². The third kappa shape index (κ3) is 2.53. The van der Waals surface area contributed by atoms with Crippen molar-refractivity contribution in [3.63, 3.8) is 0 Å². The topological polar surface area (TPSA) is 0 Å². The zero-order valence-electron chi connectivity index (χ0n) is 8.61. The summed E-state index contributed by atoms with van der Waals surface area (Å²) in [6.07, 6.45) is 1.66. The van der Waals surface area contributed by atoms with Crippen molar-refractivity contribution in [2.75, 3.05) is 6.67 Å². The predicted octanol–water partition coefficient (Wildman–Crippen LogP) is 3.69. The largest absolute Gasteiger partial charge is 0.250 e. The van der Waals surface area contributed by atoms with Gasteiger partial charge in [0.15, 0.2) is 0 Å². The van der Waals surface area contributed by atoms with Crippen molar-refractivity contribution in [3.05, 3.63) is 41.1 Å². The molecule has 0 amide bonds. The van der Waals surface area contributed by atoms with E-state index in [4.69, 9.17) is 0 Å². The smallest absolute Gasteiger partial charge is 0.126 e. The van der Waals surface area contributed by atoms with Gasteiger partial charge in [-0.1, -0.05) is 32.4 Å². The Hall–Kier alpha value is -0.920. The van der Waals surface area contributed by atoms with Crippen LogP contribution in [0.3, 0.4) is 0 Å². The number of aryl methyl sites for hydroxylation is 1. The fraction of sp³-hybridized carbons (Fsp3) is 0.417. The van der Waals surface area contributed by atoms with Gasteiger partial charge in [0, 0.05) is 5.92 Å². The van der Waals surface area contributed by atoms with E-state index >= 15 is 0 Å². The third-order valence-electron chi connectivity index (χ3n) is 2.27. The number of halogens is 2. The van der Waals surface area contributed by atoms with Gasteiger partial charge in [-0.2, -0.15) is 0 Å². The zero-order chi connectivity index (χ0) is 10.6. The molecule has 1 aromatic rings. The van der Waals surface area contributed by atoms with Crippen molar-refractivity contribution in [3.8, 4) is 0 Å². The predicted molar refractivity (Wildman–Crippen MR) is 54.4 cm³/mol. The lowest BCUT2D eigenvalue weighted by Gasteiger charge is -2.08. The minimum Gasteiger partial charge on any atom is -0.250 e. The molecule has 0 saturated heterocycles. The molecule has 0 aliphatic rings. The highest BCUT2D eigenvalue weighted by Gasteiger charge is 2.08. The molecule has 0 spiro atoms. The van der Waals surface area contributed by atoms with Gasteiger partial charge < -0.3 is 0 Å². The molecule has 14 heavy (non-hydrogen) atoms. The number of hydrogen-bond donors (Lipinski definition) is 0. The molecule has 0 unspecified atom stereocenters. The first-order chi connectivity index (χ1) is 6.69. The maximum atomic E-state index is 13.4. The molecule has 1 radical (unpaired) electrons. The van der Waals surface area contributed by atoms with Gasteiger partial charge in [-0.25, -0.2) is 4.39 Å². The second-order valence-corrected chi connectivity index (χ2v) is 3.47. The Morgan fingerprint density at radius 2 is 2.07 bits per heavy atom. The standard InChI is InChI=1S/C12H15F2/c1-3-4-10-5-6-11(7-12(10)14)9(2)8-13/h5-7H,3-4,8H2,1-2H3. The molecule has 0 aliphatic heterocycles. The van der Waals surface area contributed by atoms with Crippen molar-refractivity contribution in [1.82, 2.24) is 0 Å². The molecule has 0 aliphatic carbocycles. The number of benzene rings is 1. The van der Waals surface area contributed by atoms with Gasteiger partial charge in [0.2, 0.25) is 0 Å². The summed E-state index contributed by atoms with van der Waals surface area (Å²) >= 11 is 0. The number of alkyl halides is 1. The molecule has 0 fully saturated rings. The van der Waals surface area contributed by atoms with E-state index in [1.807, 2.05) is 6.92 Å². The Kier molecular flexibility index (Phi) is 4.05. The average Bonchev–Trinajstić information content (AvgIpc) is 2.20. The van der Waals surface area contributed by atoms with Crippen LogP contribution in [0.4, 0.5) is 8.78 Å². The van der Waals surface area contributed by atoms with E-state index in [0.717, 1.165) is 12.8 Å². The van der Waals surface area contributed by atoms with Crippen LogP contribution in [-0.2, 0) is 6.42 Å². The number of rotatable bonds is 4. The summed E-state index contributed by atoms with van der Waals surface area (Å²) in [5.41, 5.74) is 1.37. The van der Waals surface area contributed by atoms with Crippen LogP contribution in [0.2, 0.25) is 0 Å². The van der Waals surface area contributed by atoms with Gasteiger partial charge >= 0.3 is 0 Å². The van der Waals surface area contributed by atoms with Crippen LogP contribution in [0, 0.1) is 11.7 Å². The van der Waals surface area contributed by atoms with Crippen LogP contribution in [0.1, 0.15) is 31.4 Å². The van der Waals surface area contributed by atoms with Crippen molar-refractivity contribution in [1.29, 1.82) is 0 Å². The van der Waals surface area contributed by atoms with E-state index in [-0.39, 0.29) is 5.82 Å². The molecular weight excluding hydrogens is 182 g/mol. The molecule has 0 heterocycles. The lowest BCUT2D eigenvalue weighted by molar-refractivity contribution is 0.515. The summed E-state index contributed by atoms with van der Waals surface area (Å²) in [4.78, 5) is 0. The van der Waals surface area contributed by atoms with E-state index in [2.05, 4.69) is 0 Å². The van der Waals surface area contributed by atoms with Crippen molar-refractivity contribution in [2.45, 2.75) is 26.7 Å². The first-order valence-electron chi connectivity index (χ1n) is 4.86. The third-order valence-corrected chi connectivity index (χ3v) is 2.27. The Bertz CT molecular complexity index is 294. The highest BCUT2D eigenvalue weighted by molar-refractivity contribution is 5.33. The molecule has 0 nitrogen and oxygen atoms in total. The second-order valence-electron chi connectivity index (χ2n) is 3.47. The quantitative estimate of drug-likeness (QED) is 0.690.